The van der Waals surface area contributed by atoms with E-state index < -0.39 is 24.0 Å². The molecule has 2 aromatic carbocycles. The number of fused-ring (bicyclic) bond motifs is 1. The first-order valence-corrected chi connectivity index (χ1v) is 9.06. The zero-order valence-electron chi connectivity index (χ0n) is 15.8. The van der Waals surface area contributed by atoms with Crippen LogP contribution in [0, 0.1) is 13.8 Å². The molecule has 1 aliphatic rings. The third-order valence-corrected chi connectivity index (χ3v) is 5.31. The van der Waals surface area contributed by atoms with Gasteiger partial charge in [0.2, 0.25) is 5.91 Å². The molecule has 1 heterocycles. The number of aryl methyl sites for hydroxylation is 2. The Bertz CT molecular complexity index is 917. The molecule has 1 amide bonds. The van der Waals surface area contributed by atoms with Crippen LogP contribution in [0.4, 0.5) is 0 Å². The van der Waals surface area contributed by atoms with E-state index in [0.717, 1.165) is 27.8 Å². The topological polar surface area (TPSA) is 124 Å². The zero-order chi connectivity index (χ0) is 20.6. The van der Waals surface area contributed by atoms with Crippen LogP contribution in [0.3, 0.4) is 0 Å². The van der Waals surface area contributed by atoms with Gasteiger partial charge < -0.3 is 26.0 Å². The summed E-state index contributed by atoms with van der Waals surface area (Å²) in [6.45, 7) is 3.75. The van der Waals surface area contributed by atoms with Crippen molar-refractivity contribution in [1.82, 2.24) is 4.90 Å². The lowest BCUT2D eigenvalue weighted by atomic mass is 9.91. The van der Waals surface area contributed by atoms with Crippen LogP contribution in [-0.2, 0) is 29.0 Å². The van der Waals surface area contributed by atoms with E-state index in [1.807, 2.05) is 13.8 Å². The number of aliphatic carboxylic acids is 1. The van der Waals surface area contributed by atoms with Crippen molar-refractivity contribution in [3.8, 4) is 11.5 Å². The number of aromatic hydroxyl groups is 2. The molecule has 0 aliphatic carbocycles. The van der Waals surface area contributed by atoms with Crippen molar-refractivity contribution in [2.45, 2.75) is 45.3 Å². The Hall–Kier alpha value is -3.06. The number of amides is 1. The second-order valence-electron chi connectivity index (χ2n) is 7.35. The van der Waals surface area contributed by atoms with Crippen LogP contribution in [0.2, 0.25) is 0 Å². The van der Waals surface area contributed by atoms with Crippen LogP contribution < -0.4 is 5.73 Å². The fourth-order valence-electron chi connectivity index (χ4n) is 3.84. The highest BCUT2D eigenvalue weighted by Gasteiger charge is 2.36. The quantitative estimate of drug-likeness (QED) is 0.635. The average Bonchev–Trinajstić information content (AvgIpc) is 2.62. The van der Waals surface area contributed by atoms with Gasteiger partial charge >= 0.3 is 5.97 Å². The first kappa shape index (κ1) is 19.7. The third-order valence-electron chi connectivity index (χ3n) is 5.31. The Morgan fingerprint density at radius 2 is 1.75 bits per heavy atom. The van der Waals surface area contributed by atoms with E-state index in [1.165, 1.54) is 11.0 Å². The SMILES string of the molecule is Cc1cc(O)cc(C)c1CC(N)C(=O)N1Cc2cc(O)ccc2C[C@H]1C(=O)O. The molecule has 0 saturated carbocycles. The molecule has 2 aromatic rings. The van der Waals surface area contributed by atoms with Gasteiger partial charge in [-0.2, -0.15) is 0 Å². The smallest absolute Gasteiger partial charge is 0.326 e. The molecule has 0 radical (unpaired) electrons. The predicted octanol–water partition coefficient (Wildman–Crippen LogP) is 1.62. The number of hydrogen-bond acceptors (Lipinski definition) is 5. The molecule has 0 fully saturated rings. The minimum absolute atomic E-state index is 0.0690. The maximum atomic E-state index is 13.0. The molecule has 0 bridgehead atoms. The van der Waals surface area contributed by atoms with Crippen molar-refractivity contribution in [3.63, 3.8) is 0 Å². The molecule has 0 saturated heterocycles. The predicted molar refractivity (Wildman–Crippen MR) is 103 cm³/mol. The number of carbonyl (C=O) groups excluding carboxylic acids is 1. The molecule has 0 spiro atoms. The minimum atomic E-state index is -1.09. The second kappa shape index (κ2) is 7.52. The number of phenols is 2. The van der Waals surface area contributed by atoms with Crippen molar-refractivity contribution in [2.75, 3.05) is 0 Å². The number of carboxylic acids is 1. The van der Waals surface area contributed by atoms with Gasteiger partial charge in [-0.25, -0.2) is 4.79 Å². The van der Waals surface area contributed by atoms with Gasteiger partial charge in [-0.05, 0) is 72.4 Å². The molecule has 1 aliphatic heterocycles. The number of phenolic OH excluding ortho intramolecular Hbond substituents is 2. The van der Waals surface area contributed by atoms with Crippen molar-refractivity contribution in [2.24, 2.45) is 5.73 Å². The Balaban J connectivity index is 1.86. The van der Waals surface area contributed by atoms with Crippen molar-refractivity contribution >= 4 is 11.9 Å². The maximum absolute atomic E-state index is 13.0. The number of nitrogens with zero attached hydrogens (tertiary/aromatic N) is 1. The van der Waals surface area contributed by atoms with Gasteiger partial charge in [-0.15, -0.1) is 0 Å². The normalized spacial score (nSPS) is 17.1. The molecule has 148 valence electrons. The van der Waals surface area contributed by atoms with Crippen molar-refractivity contribution in [1.29, 1.82) is 0 Å². The van der Waals surface area contributed by atoms with Gasteiger partial charge in [0, 0.05) is 13.0 Å². The first-order valence-electron chi connectivity index (χ1n) is 9.06. The summed E-state index contributed by atoms with van der Waals surface area (Å²) >= 11 is 0. The fraction of sp³-hybridized carbons (Fsp3) is 0.333. The van der Waals surface area contributed by atoms with Gasteiger partial charge in [-0.1, -0.05) is 6.07 Å². The van der Waals surface area contributed by atoms with E-state index in [1.54, 1.807) is 24.3 Å². The van der Waals surface area contributed by atoms with E-state index in [4.69, 9.17) is 5.73 Å². The van der Waals surface area contributed by atoms with E-state index in [-0.39, 0.29) is 30.9 Å². The number of hydrogen-bond donors (Lipinski definition) is 4. The van der Waals surface area contributed by atoms with E-state index in [9.17, 15) is 24.9 Å². The minimum Gasteiger partial charge on any atom is -0.508 e. The van der Waals surface area contributed by atoms with Crippen LogP contribution in [0.15, 0.2) is 30.3 Å². The summed E-state index contributed by atoms with van der Waals surface area (Å²) in [5.41, 5.74) is 10.2. The third kappa shape index (κ3) is 3.80. The molecule has 3 rings (SSSR count). The summed E-state index contributed by atoms with van der Waals surface area (Å²) in [4.78, 5) is 26.1. The Morgan fingerprint density at radius 1 is 1.11 bits per heavy atom. The highest BCUT2D eigenvalue weighted by molar-refractivity contribution is 5.88. The van der Waals surface area contributed by atoms with Gasteiger partial charge in [0.25, 0.3) is 0 Å². The molecule has 1 unspecified atom stereocenters. The van der Waals surface area contributed by atoms with Gasteiger partial charge in [0.15, 0.2) is 0 Å². The highest BCUT2D eigenvalue weighted by atomic mass is 16.4. The number of carbonyl (C=O) groups is 2. The Kier molecular flexibility index (Phi) is 5.29. The molecule has 7 heteroatoms. The lowest BCUT2D eigenvalue weighted by Crippen LogP contribution is -2.54. The summed E-state index contributed by atoms with van der Waals surface area (Å²) in [5.74, 6) is -1.32. The monoisotopic (exact) mass is 384 g/mol. The van der Waals surface area contributed by atoms with Gasteiger partial charge in [0.05, 0.1) is 6.04 Å². The maximum Gasteiger partial charge on any atom is 0.326 e. The second-order valence-corrected chi connectivity index (χ2v) is 7.35. The summed E-state index contributed by atoms with van der Waals surface area (Å²) in [6, 6.07) is 6.05. The number of benzene rings is 2. The van der Waals surface area contributed by atoms with E-state index in [0.29, 0.717) is 0 Å². The molecule has 7 nitrogen and oxygen atoms in total. The summed E-state index contributed by atoms with van der Waals surface area (Å²) in [7, 11) is 0. The average molecular weight is 384 g/mol. The molecule has 0 aromatic heterocycles. The molecule has 2 atom stereocenters. The standard InChI is InChI=1S/C21H24N2O5/c1-11-5-16(25)6-12(2)17(11)9-18(22)20(26)23-10-14-7-15(24)4-3-13(14)8-19(23)21(27)28/h3-7,18-19,24-25H,8-10,22H2,1-2H3,(H,27,28)/t18?,19-/m0/s1. The van der Waals surface area contributed by atoms with E-state index >= 15 is 0 Å². The van der Waals surface area contributed by atoms with Crippen LogP contribution >= 0.6 is 0 Å². The zero-order valence-corrected chi connectivity index (χ0v) is 15.8. The van der Waals surface area contributed by atoms with Crippen LogP contribution in [0.25, 0.3) is 0 Å². The van der Waals surface area contributed by atoms with Gasteiger partial charge in [-0.3, -0.25) is 4.79 Å². The molecular formula is C21H24N2O5. The molecular weight excluding hydrogens is 360 g/mol. The number of nitrogens with two attached hydrogens (primary N) is 1. The lowest BCUT2D eigenvalue weighted by molar-refractivity contribution is -0.152. The van der Waals surface area contributed by atoms with Crippen molar-refractivity contribution in [3.05, 3.63) is 58.1 Å². The number of carboxylic acid groups (broad SMARTS) is 1. The van der Waals surface area contributed by atoms with Crippen LogP contribution in [0.5, 0.6) is 11.5 Å². The van der Waals surface area contributed by atoms with Crippen LogP contribution in [0.1, 0.15) is 27.8 Å². The largest absolute Gasteiger partial charge is 0.508 e. The molecule has 28 heavy (non-hydrogen) atoms. The Labute approximate surface area is 163 Å². The first-order chi connectivity index (χ1) is 13.2. The van der Waals surface area contributed by atoms with Crippen molar-refractivity contribution < 1.29 is 24.9 Å². The summed E-state index contributed by atoms with van der Waals surface area (Å²) < 4.78 is 0. The lowest BCUT2D eigenvalue weighted by Gasteiger charge is -2.36. The summed E-state index contributed by atoms with van der Waals surface area (Å²) in [5, 5.41) is 29.0. The fourth-order valence-corrected chi connectivity index (χ4v) is 3.84. The van der Waals surface area contributed by atoms with Crippen LogP contribution in [-0.4, -0.2) is 44.2 Å². The van der Waals surface area contributed by atoms with Gasteiger partial charge in [0.1, 0.15) is 17.5 Å². The highest BCUT2D eigenvalue weighted by Crippen LogP contribution is 2.28. The van der Waals surface area contributed by atoms with E-state index in [2.05, 4.69) is 0 Å². The number of rotatable bonds is 4. The summed E-state index contributed by atoms with van der Waals surface area (Å²) in [6.07, 6.45) is 0.410. The molecule has 5 N–H and O–H groups in total. The Morgan fingerprint density at radius 3 is 2.36 bits per heavy atom.